The molecule has 1 aliphatic rings. The number of hydrogen-bond donors (Lipinski definition) is 1. The van der Waals surface area contributed by atoms with Gasteiger partial charge in [0.2, 0.25) is 5.91 Å². The fourth-order valence-electron chi connectivity index (χ4n) is 3.19. The molecule has 2 rings (SSSR count). The van der Waals surface area contributed by atoms with Crippen molar-refractivity contribution in [2.75, 3.05) is 18.4 Å². The normalized spacial score (nSPS) is 15.5. The number of carbonyl (C=O) groups is 1. The first kappa shape index (κ1) is 16.5. The van der Waals surface area contributed by atoms with Crippen molar-refractivity contribution in [1.82, 2.24) is 4.90 Å². The lowest BCUT2D eigenvalue weighted by molar-refractivity contribution is -0.116. The molecule has 0 aromatic heterocycles. The van der Waals surface area contributed by atoms with Crippen LogP contribution in [0.2, 0.25) is 0 Å². The number of nitrogens with zero attached hydrogens (tertiary/aromatic N) is 2. The lowest BCUT2D eigenvalue weighted by atomic mass is 9.94. The van der Waals surface area contributed by atoms with Crippen LogP contribution >= 0.6 is 0 Å². The number of anilines is 1. The third-order valence-corrected chi connectivity index (χ3v) is 4.44. The van der Waals surface area contributed by atoms with Gasteiger partial charge in [-0.25, -0.2) is 0 Å². The van der Waals surface area contributed by atoms with E-state index in [0.717, 1.165) is 13.1 Å². The second-order valence-corrected chi connectivity index (χ2v) is 5.88. The summed E-state index contributed by atoms with van der Waals surface area (Å²) in [4.78, 5) is 14.6. The molecule has 1 saturated carbocycles. The number of nitriles is 1. The molecule has 1 amide bonds. The molecular formula is C18H25N3O. The number of hydrogen-bond acceptors (Lipinski definition) is 3. The minimum atomic E-state index is -0.0167. The number of amides is 1. The Bertz CT molecular complexity index is 529. The lowest BCUT2D eigenvalue weighted by Crippen LogP contribution is -2.38. The van der Waals surface area contributed by atoms with Gasteiger partial charge in [0.25, 0.3) is 0 Å². The first-order chi connectivity index (χ1) is 10.7. The van der Waals surface area contributed by atoms with Crippen molar-refractivity contribution < 1.29 is 4.79 Å². The minimum Gasteiger partial charge on any atom is -0.325 e. The minimum absolute atomic E-state index is 0.0167. The Hall–Kier alpha value is -1.86. The molecule has 1 fully saturated rings. The van der Waals surface area contributed by atoms with Gasteiger partial charge in [0, 0.05) is 19.0 Å². The third kappa shape index (κ3) is 4.57. The van der Waals surface area contributed by atoms with E-state index in [2.05, 4.69) is 23.2 Å². The zero-order chi connectivity index (χ0) is 15.8. The summed E-state index contributed by atoms with van der Waals surface area (Å²) in [6.45, 7) is 3.95. The molecule has 0 saturated heterocycles. The van der Waals surface area contributed by atoms with E-state index in [0.29, 0.717) is 23.7 Å². The Kier molecular flexibility index (Phi) is 6.42. The summed E-state index contributed by atoms with van der Waals surface area (Å²) in [5, 5.41) is 11.9. The molecular weight excluding hydrogens is 274 g/mol. The highest BCUT2D eigenvalue weighted by atomic mass is 16.1. The van der Waals surface area contributed by atoms with Gasteiger partial charge in [0.05, 0.1) is 11.3 Å². The number of carbonyl (C=O) groups excluding carboxylic acids is 1. The Morgan fingerprint density at radius 2 is 2.05 bits per heavy atom. The van der Waals surface area contributed by atoms with Crippen LogP contribution < -0.4 is 5.32 Å². The maximum absolute atomic E-state index is 12.1. The fourth-order valence-corrected chi connectivity index (χ4v) is 3.19. The topological polar surface area (TPSA) is 56.1 Å². The van der Waals surface area contributed by atoms with Crippen molar-refractivity contribution >= 4 is 11.6 Å². The van der Waals surface area contributed by atoms with E-state index in [9.17, 15) is 4.79 Å². The van der Waals surface area contributed by atoms with Crippen LogP contribution in [0.3, 0.4) is 0 Å². The molecule has 4 heteroatoms. The fraction of sp³-hybridized carbons (Fsp3) is 0.556. The molecule has 4 nitrogen and oxygen atoms in total. The van der Waals surface area contributed by atoms with E-state index in [1.165, 1.54) is 32.1 Å². The maximum Gasteiger partial charge on any atom is 0.225 e. The molecule has 22 heavy (non-hydrogen) atoms. The highest BCUT2D eigenvalue weighted by molar-refractivity contribution is 5.92. The Labute approximate surface area is 133 Å². The van der Waals surface area contributed by atoms with Crippen LogP contribution in [-0.2, 0) is 4.79 Å². The molecule has 1 aromatic carbocycles. The van der Waals surface area contributed by atoms with Crippen LogP contribution in [0.4, 0.5) is 5.69 Å². The molecule has 0 aliphatic heterocycles. The van der Waals surface area contributed by atoms with Crippen molar-refractivity contribution in [2.24, 2.45) is 0 Å². The van der Waals surface area contributed by atoms with Gasteiger partial charge >= 0.3 is 0 Å². The molecule has 0 unspecified atom stereocenters. The van der Waals surface area contributed by atoms with Crippen LogP contribution in [0.5, 0.6) is 0 Å². The zero-order valence-corrected chi connectivity index (χ0v) is 13.3. The average molecular weight is 299 g/mol. The molecule has 1 aliphatic carbocycles. The van der Waals surface area contributed by atoms with E-state index < -0.39 is 0 Å². The molecule has 0 atom stereocenters. The highest BCUT2D eigenvalue weighted by Crippen LogP contribution is 2.22. The van der Waals surface area contributed by atoms with Crippen LogP contribution in [-0.4, -0.2) is 29.9 Å². The van der Waals surface area contributed by atoms with E-state index in [1.54, 1.807) is 18.2 Å². The monoisotopic (exact) mass is 299 g/mol. The summed E-state index contributed by atoms with van der Waals surface area (Å²) < 4.78 is 0. The van der Waals surface area contributed by atoms with Gasteiger partial charge in [-0.3, -0.25) is 4.79 Å². The summed E-state index contributed by atoms with van der Waals surface area (Å²) in [6.07, 6.45) is 6.95. The second kappa shape index (κ2) is 8.55. The highest BCUT2D eigenvalue weighted by Gasteiger charge is 2.20. The Balaban J connectivity index is 1.85. The van der Waals surface area contributed by atoms with Crippen molar-refractivity contribution in [3.8, 4) is 6.07 Å². The summed E-state index contributed by atoms with van der Waals surface area (Å²) >= 11 is 0. The zero-order valence-electron chi connectivity index (χ0n) is 13.3. The Morgan fingerprint density at radius 3 is 2.73 bits per heavy atom. The van der Waals surface area contributed by atoms with Crippen molar-refractivity contribution in [3.63, 3.8) is 0 Å². The lowest BCUT2D eigenvalue weighted by Gasteiger charge is -2.33. The quantitative estimate of drug-likeness (QED) is 0.874. The summed E-state index contributed by atoms with van der Waals surface area (Å²) in [5.74, 6) is -0.0167. The SMILES string of the molecule is CCN(CCC(=O)Nc1ccccc1C#N)C1CCCCC1. The summed E-state index contributed by atoms with van der Waals surface area (Å²) in [6, 6.07) is 9.86. The van der Waals surface area contributed by atoms with Crippen LogP contribution in [0, 0.1) is 11.3 Å². The predicted octanol–water partition coefficient (Wildman–Crippen LogP) is 3.54. The van der Waals surface area contributed by atoms with Crippen LogP contribution in [0.15, 0.2) is 24.3 Å². The third-order valence-electron chi connectivity index (χ3n) is 4.44. The molecule has 118 valence electrons. The summed E-state index contributed by atoms with van der Waals surface area (Å²) in [5.41, 5.74) is 1.12. The van der Waals surface area contributed by atoms with E-state index in [-0.39, 0.29) is 5.91 Å². The predicted molar refractivity (Wildman–Crippen MR) is 88.5 cm³/mol. The van der Waals surface area contributed by atoms with Gasteiger partial charge in [-0.05, 0) is 31.5 Å². The standard InChI is InChI=1S/C18H25N3O/c1-2-21(16-9-4-3-5-10-16)13-12-18(22)20-17-11-7-6-8-15(17)14-19/h6-8,11,16H,2-5,9-10,12-13H2,1H3,(H,20,22). The largest absolute Gasteiger partial charge is 0.325 e. The maximum atomic E-state index is 12.1. The van der Waals surface area contributed by atoms with Gasteiger partial charge < -0.3 is 10.2 Å². The molecule has 0 spiro atoms. The average Bonchev–Trinajstić information content (AvgIpc) is 2.57. The van der Waals surface area contributed by atoms with Gasteiger partial charge in [0.15, 0.2) is 0 Å². The van der Waals surface area contributed by atoms with Crippen molar-refractivity contribution in [2.45, 2.75) is 51.5 Å². The number of rotatable bonds is 6. The molecule has 0 bridgehead atoms. The number of nitrogens with one attached hydrogen (secondary N) is 1. The second-order valence-electron chi connectivity index (χ2n) is 5.88. The number of benzene rings is 1. The van der Waals surface area contributed by atoms with Gasteiger partial charge in [-0.1, -0.05) is 38.3 Å². The van der Waals surface area contributed by atoms with Crippen molar-refractivity contribution in [3.05, 3.63) is 29.8 Å². The van der Waals surface area contributed by atoms with Crippen molar-refractivity contribution in [1.29, 1.82) is 5.26 Å². The Morgan fingerprint density at radius 1 is 1.32 bits per heavy atom. The first-order valence-electron chi connectivity index (χ1n) is 8.27. The number of para-hydroxylation sites is 1. The van der Waals surface area contributed by atoms with E-state index in [4.69, 9.17) is 5.26 Å². The molecule has 1 aromatic rings. The van der Waals surface area contributed by atoms with Gasteiger partial charge in [-0.2, -0.15) is 5.26 Å². The van der Waals surface area contributed by atoms with E-state index >= 15 is 0 Å². The molecule has 0 radical (unpaired) electrons. The molecule has 0 heterocycles. The van der Waals surface area contributed by atoms with Crippen LogP contribution in [0.1, 0.15) is 51.0 Å². The molecule has 1 N–H and O–H groups in total. The smallest absolute Gasteiger partial charge is 0.225 e. The van der Waals surface area contributed by atoms with Crippen LogP contribution in [0.25, 0.3) is 0 Å². The first-order valence-corrected chi connectivity index (χ1v) is 8.27. The van der Waals surface area contributed by atoms with Gasteiger partial charge in [0.1, 0.15) is 6.07 Å². The summed E-state index contributed by atoms with van der Waals surface area (Å²) in [7, 11) is 0. The van der Waals surface area contributed by atoms with E-state index in [1.807, 2.05) is 6.07 Å². The van der Waals surface area contributed by atoms with Gasteiger partial charge in [-0.15, -0.1) is 0 Å².